The third-order valence-corrected chi connectivity index (χ3v) is 9.35. The van der Waals surface area contributed by atoms with Crippen LogP contribution in [-0.2, 0) is 63.5 Å². The van der Waals surface area contributed by atoms with Gasteiger partial charge in [0.05, 0.1) is 52.9 Å². The molecular weight excluding hydrogens is 678 g/mol. The highest BCUT2D eigenvalue weighted by Gasteiger charge is 2.55. The van der Waals surface area contributed by atoms with Crippen LogP contribution in [0.3, 0.4) is 0 Å². The largest absolute Gasteiger partial charge is 0.477 e. The Morgan fingerprint density at radius 3 is 1.51 bits per heavy atom. The first-order chi connectivity index (χ1) is 24.8. The van der Waals surface area contributed by atoms with E-state index in [0.29, 0.717) is 5.56 Å². The Balaban J connectivity index is 1.73. The first-order valence-corrected chi connectivity index (χ1v) is 18.4. The summed E-state index contributed by atoms with van der Waals surface area (Å²) in [6.07, 6.45) is -7.37. The number of alkyl halides is 1. The highest BCUT2D eigenvalue weighted by atomic mass is 31.2. The summed E-state index contributed by atoms with van der Waals surface area (Å²) < 4.78 is 70.4. The molecule has 51 heavy (non-hydrogen) atoms. The number of phosphoric acid groups is 1. The van der Waals surface area contributed by atoms with Crippen LogP contribution in [0.5, 0.6) is 0 Å². The Hall–Kier alpha value is -3.32. The number of ether oxygens (including phenoxy) is 4. The lowest BCUT2D eigenvalue weighted by atomic mass is 9.90. The number of hydrogen-bond acceptors (Lipinski definition) is 10. The molecule has 0 heterocycles. The number of rotatable bonds is 24. The van der Waals surface area contributed by atoms with Crippen LogP contribution in [0.2, 0.25) is 0 Å². The van der Waals surface area contributed by atoms with Crippen molar-refractivity contribution < 1.29 is 51.7 Å². The van der Waals surface area contributed by atoms with Gasteiger partial charge in [-0.05, 0) is 36.1 Å². The smallest absolute Gasteiger partial charge is 0.388 e. The van der Waals surface area contributed by atoms with Crippen molar-refractivity contribution in [2.24, 2.45) is 0 Å². The zero-order valence-electron chi connectivity index (χ0n) is 29.0. The zero-order valence-corrected chi connectivity index (χ0v) is 29.9. The van der Waals surface area contributed by atoms with Crippen molar-refractivity contribution in [3.05, 3.63) is 144 Å². The minimum atomic E-state index is -4.52. The molecule has 0 spiro atoms. The summed E-state index contributed by atoms with van der Waals surface area (Å²) in [6.45, 7) is 1.82. The molecule has 12 heteroatoms. The fourth-order valence-electron chi connectivity index (χ4n) is 5.22. The fraction of sp³-hybridized carbons (Fsp3) is 0.385. The summed E-state index contributed by atoms with van der Waals surface area (Å²) in [5.41, 5.74) is 0.301. The molecule has 0 aromatic heterocycles. The lowest BCUT2D eigenvalue weighted by Crippen LogP contribution is -2.63. The Morgan fingerprint density at radius 1 is 0.647 bits per heavy atom. The first kappa shape index (κ1) is 40.5. The molecule has 276 valence electrons. The van der Waals surface area contributed by atoms with Gasteiger partial charge < -0.3 is 29.2 Å². The molecule has 2 N–H and O–H groups in total. The molecule has 1 unspecified atom stereocenters. The van der Waals surface area contributed by atoms with Crippen LogP contribution in [-0.4, -0.2) is 66.9 Å². The lowest BCUT2D eigenvalue weighted by Gasteiger charge is -2.42. The van der Waals surface area contributed by atoms with Gasteiger partial charge in [0.15, 0.2) is 5.60 Å². The number of benzene rings is 4. The summed E-state index contributed by atoms with van der Waals surface area (Å²) in [6, 6.07) is 36.7. The van der Waals surface area contributed by atoms with E-state index in [1.54, 1.807) is 38.1 Å². The Kier molecular flexibility index (Phi) is 16.9. The van der Waals surface area contributed by atoms with Crippen LogP contribution in [0.1, 0.15) is 36.1 Å². The van der Waals surface area contributed by atoms with Crippen molar-refractivity contribution >= 4 is 7.82 Å². The van der Waals surface area contributed by atoms with Gasteiger partial charge in [-0.2, -0.15) is 0 Å². The van der Waals surface area contributed by atoms with Gasteiger partial charge in [0.25, 0.3) is 0 Å². The van der Waals surface area contributed by atoms with Crippen LogP contribution in [0.4, 0.5) is 4.39 Å². The van der Waals surface area contributed by atoms with Crippen LogP contribution >= 0.6 is 7.82 Å². The molecule has 0 fully saturated rings. The van der Waals surface area contributed by atoms with Gasteiger partial charge in [-0.15, -0.1) is 0 Å². The minimum Gasteiger partial charge on any atom is -0.388 e. The van der Waals surface area contributed by atoms with Gasteiger partial charge in [-0.3, -0.25) is 9.05 Å². The van der Waals surface area contributed by atoms with Crippen LogP contribution in [0.15, 0.2) is 121 Å². The monoisotopic (exact) mass is 726 g/mol. The lowest BCUT2D eigenvalue weighted by molar-refractivity contribution is -0.266. The van der Waals surface area contributed by atoms with Crippen molar-refractivity contribution in [1.82, 2.24) is 0 Å². The molecule has 0 saturated carbocycles. The Morgan fingerprint density at radius 2 is 1.06 bits per heavy atom. The van der Waals surface area contributed by atoms with Gasteiger partial charge in [-0.25, -0.2) is 13.5 Å². The predicted molar refractivity (Wildman–Crippen MR) is 190 cm³/mol. The van der Waals surface area contributed by atoms with Crippen molar-refractivity contribution in [3.63, 3.8) is 0 Å². The van der Waals surface area contributed by atoms with Gasteiger partial charge in [-0.1, -0.05) is 121 Å². The topological polar surface area (TPSA) is 122 Å². The van der Waals surface area contributed by atoms with E-state index in [-0.39, 0.29) is 46.2 Å². The molecule has 0 radical (unpaired) electrons. The summed E-state index contributed by atoms with van der Waals surface area (Å²) in [4.78, 5) is 0. The van der Waals surface area contributed by atoms with Crippen LogP contribution in [0, 0.1) is 0 Å². The number of aliphatic hydroxyl groups is 2. The van der Waals surface area contributed by atoms with E-state index in [9.17, 15) is 14.8 Å². The summed E-state index contributed by atoms with van der Waals surface area (Å²) in [5, 5.41) is 24.2. The molecule has 0 aliphatic rings. The van der Waals surface area contributed by atoms with E-state index in [2.05, 4.69) is 0 Å². The minimum absolute atomic E-state index is 0.0197. The Labute approximate surface area is 299 Å². The van der Waals surface area contributed by atoms with Crippen molar-refractivity contribution in [2.75, 3.05) is 26.4 Å². The average Bonchev–Trinajstić information content (AvgIpc) is 3.14. The molecule has 4 rings (SSSR count). The number of aliphatic hydroxyl groups excluding tert-OH is 1. The van der Waals surface area contributed by atoms with Gasteiger partial charge >= 0.3 is 7.82 Å². The third kappa shape index (κ3) is 13.0. The quantitative estimate of drug-likeness (QED) is 0.0719. The number of halogens is 1. The first-order valence-electron chi connectivity index (χ1n) is 16.9. The maximum absolute atomic E-state index is 16.8. The molecule has 0 bridgehead atoms. The third-order valence-electron chi connectivity index (χ3n) is 7.76. The van der Waals surface area contributed by atoms with E-state index < -0.39 is 44.7 Å². The second kappa shape index (κ2) is 21.3. The predicted octanol–water partition coefficient (Wildman–Crippen LogP) is 7.18. The van der Waals surface area contributed by atoms with E-state index in [1.165, 1.54) is 0 Å². The molecule has 10 nitrogen and oxygen atoms in total. The van der Waals surface area contributed by atoms with E-state index in [0.717, 1.165) is 16.7 Å². The zero-order chi connectivity index (χ0) is 36.4. The summed E-state index contributed by atoms with van der Waals surface area (Å²) >= 11 is 0. The molecule has 5 atom stereocenters. The average molecular weight is 727 g/mol. The van der Waals surface area contributed by atoms with Crippen LogP contribution in [0.25, 0.3) is 0 Å². The van der Waals surface area contributed by atoms with Crippen molar-refractivity contribution in [3.8, 4) is 0 Å². The molecule has 4 aromatic carbocycles. The molecule has 0 aliphatic carbocycles. The summed E-state index contributed by atoms with van der Waals surface area (Å²) in [5.74, 6) is 0. The number of phosphoric ester groups is 1. The maximum Gasteiger partial charge on any atom is 0.477 e. The van der Waals surface area contributed by atoms with Crippen molar-refractivity contribution in [2.45, 2.75) is 70.5 Å². The maximum atomic E-state index is 16.8. The fourth-order valence-corrected chi connectivity index (χ4v) is 6.46. The SMILES string of the molecule is CCOP(=O)(OCC)OC(F)[C@@](O)(COCc1ccccc1)[C@@H](OCc1ccccc1)[C@H](OCc1ccccc1)[C@H](O)COCc1ccccc1. The molecule has 0 saturated heterocycles. The van der Waals surface area contributed by atoms with Crippen molar-refractivity contribution in [1.29, 1.82) is 0 Å². The van der Waals surface area contributed by atoms with Gasteiger partial charge in [0.2, 0.25) is 6.36 Å². The van der Waals surface area contributed by atoms with E-state index in [1.807, 2.05) is 97.1 Å². The van der Waals surface area contributed by atoms with Gasteiger partial charge in [0.1, 0.15) is 18.3 Å². The second-order valence-electron chi connectivity index (χ2n) is 11.7. The second-order valence-corrected chi connectivity index (χ2v) is 13.3. The molecule has 4 aromatic rings. The molecular formula is C39H48FO10P. The van der Waals surface area contributed by atoms with E-state index in [4.69, 9.17) is 32.5 Å². The normalized spacial score (nSPS) is 15.5. The highest BCUT2D eigenvalue weighted by Crippen LogP contribution is 2.52. The summed E-state index contributed by atoms with van der Waals surface area (Å²) in [7, 11) is -4.52. The Bertz CT molecular complexity index is 1540. The van der Waals surface area contributed by atoms with Crippen LogP contribution < -0.4 is 0 Å². The number of hydrogen-bond donors (Lipinski definition) is 2. The van der Waals surface area contributed by atoms with Gasteiger partial charge in [0, 0.05) is 0 Å². The highest BCUT2D eigenvalue weighted by molar-refractivity contribution is 7.48. The molecule has 0 amide bonds. The molecule has 0 aliphatic heterocycles. The van der Waals surface area contributed by atoms with E-state index >= 15 is 4.39 Å². The standard InChI is InChI=1S/C39H48FO10P/c1-3-48-51(43,49-4-2)50-38(40)39(42,30-45-26-32-19-11-6-12-20-32)37(47-28-34-23-15-8-16-24-34)36(46-27-33-21-13-7-14-22-33)35(41)29-44-25-31-17-9-5-10-18-31/h5-24,35-38,41-42H,3-4,25-30H2,1-2H3/t35-,36-,37+,38?,39-/m1/s1.